The molecule has 0 atom stereocenters. The zero-order valence-electron chi connectivity index (χ0n) is 11.6. The molecule has 4 heteroatoms. The number of carboxylic acids is 1. The van der Waals surface area contributed by atoms with E-state index in [0.717, 1.165) is 11.3 Å². The van der Waals surface area contributed by atoms with Crippen molar-refractivity contribution in [1.82, 2.24) is 4.57 Å². The van der Waals surface area contributed by atoms with E-state index in [1.807, 2.05) is 24.5 Å². The maximum atomic E-state index is 13.2. The normalized spacial score (nSPS) is 11.0. The average Bonchev–Trinajstić information content (AvgIpc) is 2.72. The topological polar surface area (TPSA) is 42.2 Å². The number of aromatic nitrogens is 1. The highest BCUT2D eigenvalue weighted by Gasteiger charge is 2.16. The fourth-order valence-corrected chi connectivity index (χ4v) is 2.29. The lowest BCUT2D eigenvalue weighted by molar-refractivity contribution is 0.0695. The Morgan fingerprint density at radius 2 is 2.10 bits per heavy atom. The summed E-state index contributed by atoms with van der Waals surface area (Å²) in [7, 11) is 0. The molecule has 1 heterocycles. The fourth-order valence-electron chi connectivity index (χ4n) is 2.29. The van der Waals surface area contributed by atoms with Crippen molar-refractivity contribution in [3.8, 4) is 0 Å². The Hall–Kier alpha value is -2.10. The van der Waals surface area contributed by atoms with Crippen LogP contribution in [0.5, 0.6) is 0 Å². The Bertz CT molecular complexity index is 617. The van der Waals surface area contributed by atoms with Gasteiger partial charge in [-0.1, -0.05) is 26.0 Å². The van der Waals surface area contributed by atoms with E-state index in [2.05, 4.69) is 0 Å². The standard InChI is InChI=1S/C16H18FNO2/c1-11(2)8-15-14(16(19)20)6-7-18(15)10-12-4-3-5-13(17)9-12/h3-7,9,11H,8,10H2,1-2H3,(H,19,20). The molecule has 1 N–H and O–H groups in total. The molecule has 3 nitrogen and oxygen atoms in total. The SMILES string of the molecule is CC(C)Cc1c(C(=O)O)ccn1Cc1cccc(F)c1. The Morgan fingerprint density at radius 3 is 2.70 bits per heavy atom. The lowest BCUT2D eigenvalue weighted by Gasteiger charge is -2.12. The van der Waals surface area contributed by atoms with E-state index in [4.69, 9.17) is 0 Å². The number of carboxylic acid groups (broad SMARTS) is 1. The van der Waals surface area contributed by atoms with Gasteiger partial charge in [-0.15, -0.1) is 0 Å². The largest absolute Gasteiger partial charge is 0.478 e. The molecule has 0 radical (unpaired) electrons. The highest BCUT2D eigenvalue weighted by molar-refractivity contribution is 5.89. The van der Waals surface area contributed by atoms with Gasteiger partial charge in [-0.2, -0.15) is 0 Å². The molecule has 0 fully saturated rings. The van der Waals surface area contributed by atoms with E-state index in [1.165, 1.54) is 12.1 Å². The van der Waals surface area contributed by atoms with Gasteiger partial charge in [0.25, 0.3) is 0 Å². The van der Waals surface area contributed by atoms with E-state index >= 15 is 0 Å². The number of halogens is 1. The lowest BCUT2D eigenvalue weighted by Crippen LogP contribution is -2.10. The third-order valence-corrected chi connectivity index (χ3v) is 3.15. The van der Waals surface area contributed by atoms with Gasteiger partial charge in [-0.05, 0) is 36.1 Å². The first-order valence-corrected chi connectivity index (χ1v) is 6.63. The molecule has 0 amide bonds. The molecule has 0 saturated carbocycles. The van der Waals surface area contributed by atoms with Gasteiger partial charge in [0, 0.05) is 18.4 Å². The first kappa shape index (κ1) is 14.3. The van der Waals surface area contributed by atoms with E-state index in [0.29, 0.717) is 24.4 Å². The molecule has 0 unspecified atom stereocenters. The summed E-state index contributed by atoms with van der Waals surface area (Å²) in [5.74, 6) is -0.841. The Morgan fingerprint density at radius 1 is 1.35 bits per heavy atom. The van der Waals surface area contributed by atoms with Crippen molar-refractivity contribution in [1.29, 1.82) is 0 Å². The summed E-state index contributed by atoms with van der Waals surface area (Å²) in [5.41, 5.74) is 1.94. The lowest BCUT2D eigenvalue weighted by atomic mass is 10.0. The molecule has 2 rings (SSSR count). The number of hydrogen-bond acceptors (Lipinski definition) is 1. The maximum Gasteiger partial charge on any atom is 0.337 e. The number of rotatable bonds is 5. The van der Waals surface area contributed by atoms with Gasteiger partial charge in [-0.3, -0.25) is 0 Å². The monoisotopic (exact) mass is 275 g/mol. The van der Waals surface area contributed by atoms with Crippen LogP contribution in [0.15, 0.2) is 36.5 Å². The van der Waals surface area contributed by atoms with Crippen LogP contribution in [-0.2, 0) is 13.0 Å². The summed E-state index contributed by atoms with van der Waals surface area (Å²) in [5, 5.41) is 9.23. The number of nitrogens with zero attached hydrogens (tertiary/aromatic N) is 1. The quantitative estimate of drug-likeness (QED) is 0.906. The number of aromatic carboxylic acids is 1. The van der Waals surface area contributed by atoms with Crippen LogP contribution < -0.4 is 0 Å². The van der Waals surface area contributed by atoms with Crippen molar-refractivity contribution in [2.75, 3.05) is 0 Å². The van der Waals surface area contributed by atoms with Gasteiger partial charge in [0.05, 0.1) is 5.56 Å². The predicted octanol–water partition coefficient (Wildman–Crippen LogP) is 3.57. The molecule has 0 aliphatic carbocycles. The summed E-state index contributed by atoms with van der Waals surface area (Å²) in [6.07, 6.45) is 2.44. The highest BCUT2D eigenvalue weighted by atomic mass is 19.1. The van der Waals surface area contributed by atoms with Gasteiger partial charge in [0.2, 0.25) is 0 Å². The highest BCUT2D eigenvalue weighted by Crippen LogP contribution is 2.18. The summed E-state index contributed by atoms with van der Waals surface area (Å²) in [6, 6.07) is 7.98. The molecule has 0 aliphatic heterocycles. The Kier molecular flexibility index (Phi) is 4.23. The first-order valence-electron chi connectivity index (χ1n) is 6.63. The predicted molar refractivity (Wildman–Crippen MR) is 75.4 cm³/mol. The zero-order valence-corrected chi connectivity index (χ0v) is 11.6. The second kappa shape index (κ2) is 5.90. The minimum Gasteiger partial charge on any atom is -0.478 e. The van der Waals surface area contributed by atoms with Gasteiger partial charge in [0.1, 0.15) is 5.82 Å². The molecule has 1 aromatic carbocycles. The van der Waals surface area contributed by atoms with Crippen LogP contribution >= 0.6 is 0 Å². The summed E-state index contributed by atoms with van der Waals surface area (Å²) < 4.78 is 15.1. The smallest absolute Gasteiger partial charge is 0.337 e. The van der Waals surface area contributed by atoms with Crippen molar-refractivity contribution < 1.29 is 14.3 Å². The van der Waals surface area contributed by atoms with E-state index in [1.54, 1.807) is 18.3 Å². The average molecular weight is 275 g/mol. The number of benzene rings is 1. The molecule has 0 bridgehead atoms. The van der Waals surface area contributed by atoms with Crippen molar-refractivity contribution in [3.63, 3.8) is 0 Å². The molecular formula is C16H18FNO2. The van der Waals surface area contributed by atoms with E-state index in [-0.39, 0.29) is 5.82 Å². The van der Waals surface area contributed by atoms with Crippen LogP contribution in [0.25, 0.3) is 0 Å². The third-order valence-electron chi connectivity index (χ3n) is 3.15. The fraction of sp³-hybridized carbons (Fsp3) is 0.312. The van der Waals surface area contributed by atoms with Crippen LogP contribution in [0, 0.1) is 11.7 Å². The van der Waals surface area contributed by atoms with Crippen LogP contribution in [0.1, 0.15) is 35.5 Å². The van der Waals surface area contributed by atoms with Gasteiger partial charge >= 0.3 is 5.97 Å². The molecule has 1 aromatic heterocycles. The van der Waals surface area contributed by atoms with Crippen molar-refractivity contribution in [3.05, 3.63) is 59.2 Å². The van der Waals surface area contributed by atoms with Crippen molar-refractivity contribution >= 4 is 5.97 Å². The first-order chi connectivity index (χ1) is 9.47. The van der Waals surface area contributed by atoms with E-state index in [9.17, 15) is 14.3 Å². The summed E-state index contributed by atoms with van der Waals surface area (Å²) in [6.45, 7) is 4.57. The second-order valence-electron chi connectivity index (χ2n) is 5.34. The molecule has 0 saturated heterocycles. The van der Waals surface area contributed by atoms with Crippen LogP contribution in [-0.4, -0.2) is 15.6 Å². The summed E-state index contributed by atoms with van der Waals surface area (Å²) >= 11 is 0. The van der Waals surface area contributed by atoms with Gasteiger partial charge in [0.15, 0.2) is 0 Å². The van der Waals surface area contributed by atoms with Gasteiger partial charge < -0.3 is 9.67 Å². The zero-order chi connectivity index (χ0) is 14.7. The van der Waals surface area contributed by atoms with Gasteiger partial charge in [-0.25, -0.2) is 9.18 Å². The van der Waals surface area contributed by atoms with Crippen molar-refractivity contribution in [2.24, 2.45) is 5.92 Å². The number of hydrogen-bond donors (Lipinski definition) is 1. The molecule has 106 valence electrons. The third kappa shape index (κ3) is 3.26. The van der Waals surface area contributed by atoms with Crippen molar-refractivity contribution in [2.45, 2.75) is 26.8 Å². The van der Waals surface area contributed by atoms with Crippen LogP contribution in [0.4, 0.5) is 4.39 Å². The summed E-state index contributed by atoms with van der Waals surface area (Å²) in [4.78, 5) is 11.2. The molecule has 0 spiro atoms. The minimum absolute atomic E-state index is 0.279. The molecular weight excluding hydrogens is 257 g/mol. The van der Waals surface area contributed by atoms with E-state index < -0.39 is 5.97 Å². The molecule has 0 aliphatic rings. The van der Waals surface area contributed by atoms with Crippen LogP contribution in [0.3, 0.4) is 0 Å². The van der Waals surface area contributed by atoms with Crippen LogP contribution in [0.2, 0.25) is 0 Å². The second-order valence-corrected chi connectivity index (χ2v) is 5.34. The Balaban J connectivity index is 2.33. The minimum atomic E-state index is -0.918. The number of carbonyl (C=O) groups is 1. The molecule has 2 aromatic rings. The molecule has 20 heavy (non-hydrogen) atoms. The Labute approximate surface area is 117 Å². The maximum absolute atomic E-state index is 13.2.